The second-order valence-electron chi connectivity index (χ2n) is 19.6. The second-order valence-corrected chi connectivity index (χ2v) is 19.6. The van der Waals surface area contributed by atoms with Gasteiger partial charge in [-0.05, 0) is 37.5 Å². The Bertz CT molecular complexity index is 1120. The molecule has 63 heavy (non-hydrogen) atoms. The lowest BCUT2D eigenvalue weighted by molar-refractivity contribution is 0.0937. The smallest absolute Gasteiger partial charge is 0.255 e. The minimum Gasteiger partial charge on any atom is -0.493 e. The van der Waals surface area contributed by atoms with Crippen LogP contribution in [0.15, 0.2) is 18.2 Å². The molecular weight excluding hydrogens is 773 g/mol. The van der Waals surface area contributed by atoms with Gasteiger partial charge in [0.1, 0.15) is 5.75 Å². The molecule has 2 N–H and O–H groups in total. The highest BCUT2D eigenvalue weighted by molar-refractivity contribution is 6.00. The molecule has 2 amide bonds. The van der Waals surface area contributed by atoms with Crippen molar-refractivity contribution in [1.82, 2.24) is 10.6 Å². The standard InChI is InChI=1S/C58H108N2O3/c1-4-7-10-13-16-19-22-25-28-29-32-35-38-41-44-47-52-63-56-53-54(57(61)59-50-45-42-39-36-33-30-26-23-20-17-14-11-8-5-2)48-49-55(56)58(62)60-51-46-43-40-37-34-31-27-24-21-18-15-12-9-6-3/h48-49,53H,4-47,50-52H2,1-3H3,(H,59,61)(H,60,62). The zero-order valence-corrected chi connectivity index (χ0v) is 42.7. The number of hydrogen-bond acceptors (Lipinski definition) is 3. The van der Waals surface area contributed by atoms with Crippen LogP contribution in [-0.2, 0) is 0 Å². The molecule has 5 nitrogen and oxygen atoms in total. The fourth-order valence-electron chi connectivity index (χ4n) is 9.04. The van der Waals surface area contributed by atoms with Crippen LogP contribution in [0, 0.1) is 0 Å². The molecule has 0 bridgehead atoms. The number of nitrogens with one attached hydrogen (secondary N) is 2. The predicted molar refractivity (Wildman–Crippen MR) is 277 cm³/mol. The maximum absolute atomic E-state index is 13.4. The summed E-state index contributed by atoms with van der Waals surface area (Å²) in [7, 11) is 0. The highest BCUT2D eigenvalue weighted by atomic mass is 16.5. The molecule has 0 aliphatic heterocycles. The van der Waals surface area contributed by atoms with E-state index in [9.17, 15) is 9.59 Å². The summed E-state index contributed by atoms with van der Waals surface area (Å²) in [6.07, 6.45) is 58.5. The van der Waals surface area contributed by atoms with Gasteiger partial charge in [0.15, 0.2) is 0 Å². The minimum atomic E-state index is -0.0963. The Morgan fingerprint density at radius 3 is 0.937 bits per heavy atom. The molecule has 1 rings (SSSR count). The Morgan fingerprint density at radius 1 is 0.349 bits per heavy atom. The number of amides is 2. The lowest BCUT2D eigenvalue weighted by atomic mass is 10.0. The number of ether oxygens (including phenoxy) is 1. The molecule has 0 unspecified atom stereocenters. The molecule has 1 aromatic rings. The van der Waals surface area contributed by atoms with E-state index in [4.69, 9.17) is 4.74 Å². The van der Waals surface area contributed by atoms with E-state index < -0.39 is 0 Å². The van der Waals surface area contributed by atoms with Crippen LogP contribution in [0.2, 0.25) is 0 Å². The largest absolute Gasteiger partial charge is 0.493 e. The zero-order valence-electron chi connectivity index (χ0n) is 42.7. The third-order valence-corrected chi connectivity index (χ3v) is 13.4. The van der Waals surface area contributed by atoms with Crippen molar-refractivity contribution >= 4 is 11.8 Å². The van der Waals surface area contributed by atoms with E-state index >= 15 is 0 Å². The van der Waals surface area contributed by atoms with Crippen LogP contribution in [0.25, 0.3) is 0 Å². The van der Waals surface area contributed by atoms with Gasteiger partial charge in [-0.3, -0.25) is 9.59 Å². The van der Waals surface area contributed by atoms with Gasteiger partial charge < -0.3 is 15.4 Å². The quantitative estimate of drug-likeness (QED) is 0.0641. The van der Waals surface area contributed by atoms with Crippen molar-refractivity contribution in [3.05, 3.63) is 29.3 Å². The minimum absolute atomic E-state index is 0.0775. The summed E-state index contributed by atoms with van der Waals surface area (Å²) < 4.78 is 6.29. The summed E-state index contributed by atoms with van der Waals surface area (Å²) in [5.74, 6) is 0.367. The average molecular weight is 882 g/mol. The molecule has 368 valence electrons. The summed E-state index contributed by atoms with van der Waals surface area (Å²) in [5, 5.41) is 6.29. The van der Waals surface area contributed by atoms with Crippen molar-refractivity contribution in [3.63, 3.8) is 0 Å². The predicted octanol–water partition coefficient (Wildman–Crippen LogP) is 18.7. The zero-order chi connectivity index (χ0) is 45.4. The third-order valence-electron chi connectivity index (χ3n) is 13.4. The first-order valence-corrected chi connectivity index (χ1v) is 28.5. The van der Waals surface area contributed by atoms with E-state index in [1.807, 2.05) is 0 Å². The number of carbonyl (C=O) groups excluding carboxylic acids is 2. The number of unbranched alkanes of at least 4 members (excludes halogenated alkanes) is 41. The van der Waals surface area contributed by atoms with Gasteiger partial charge in [0.2, 0.25) is 0 Å². The first-order valence-electron chi connectivity index (χ1n) is 28.5. The van der Waals surface area contributed by atoms with Gasteiger partial charge in [0.25, 0.3) is 11.8 Å². The summed E-state index contributed by atoms with van der Waals surface area (Å²) >= 11 is 0. The molecule has 0 heterocycles. The van der Waals surface area contributed by atoms with Gasteiger partial charge in [0.05, 0.1) is 12.2 Å². The van der Waals surface area contributed by atoms with Crippen LogP contribution in [0.1, 0.15) is 324 Å². The number of rotatable bonds is 50. The van der Waals surface area contributed by atoms with Crippen LogP contribution < -0.4 is 15.4 Å². The molecule has 0 aliphatic carbocycles. The van der Waals surface area contributed by atoms with Gasteiger partial charge in [-0.15, -0.1) is 0 Å². The summed E-state index contributed by atoms with van der Waals surface area (Å²) in [4.78, 5) is 26.6. The van der Waals surface area contributed by atoms with E-state index in [1.54, 1.807) is 18.2 Å². The van der Waals surface area contributed by atoms with Gasteiger partial charge in [-0.2, -0.15) is 0 Å². The van der Waals surface area contributed by atoms with E-state index in [-0.39, 0.29) is 11.8 Å². The number of carbonyl (C=O) groups is 2. The van der Waals surface area contributed by atoms with Crippen LogP contribution in [0.3, 0.4) is 0 Å². The van der Waals surface area contributed by atoms with Crippen LogP contribution >= 0.6 is 0 Å². The third kappa shape index (κ3) is 38.9. The highest BCUT2D eigenvalue weighted by Crippen LogP contribution is 2.23. The Balaban J connectivity index is 2.39. The lowest BCUT2D eigenvalue weighted by Crippen LogP contribution is -2.26. The Labute approximate surface area is 393 Å². The molecular formula is C58H108N2O3. The van der Waals surface area contributed by atoms with Gasteiger partial charge in [-0.25, -0.2) is 0 Å². The SMILES string of the molecule is CCCCCCCCCCCCCCCCCCOc1cc(C(=O)NCCCCCCCCCCCCCCCC)ccc1C(=O)NCCCCCCCCCCCCCCCC. The van der Waals surface area contributed by atoms with Gasteiger partial charge in [0, 0.05) is 18.7 Å². The van der Waals surface area contributed by atoms with Crippen molar-refractivity contribution < 1.29 is 14.3 Å². The van der Waals surface area contributed by atoms with Crippen LogP contribution in [0.4, 0.5) is 0 Å². The number of benzene rings is 1. The molecule has 5 heteroatoms. The average Bonchev–Trinajstić information content (AvgIpc) is 3.29. The Kier molecular flexibility index (Phi) is 44.8. The first-order chi connectivity index (χ1) is 31.1. The normalized spacial score (nSPS) is 11.3. The summed E-state index contributed by atoms with van der Waals surface area (Å²) in [5.41, 5.74) is 1.12. The lowest BCUT2D eigenvalue weighted by Gasteiger charge is -2.14. The van der Waals surface area contributed by atoms with Gasteiger partial charge in [-0.1, -0.05) is 284 Å². The molecule has 0 atom stereocenters. The molecule has 0 radical (unpaired) electrons. The molecule has 0 aliphatic rings. The fourth-order valence-corrected chi connectivity index (χ4v) is 9.04. The summed E-state index contributed by atoms with van der Waals surface area (Å²) in [6.45, 7) is 8.80. The van der Waals surface area contributed by atoms with Crippen molar-refractivity contribution in [2.24, 2.45) is 0 Å². The highest BCUT2D eigenvalue weighted by Gasteiger charge is 2.16. The molecule has 1 aromatic carbocycles. The Hall–Kier alpha value is -2.04. The molecule has 0 aromatic heterocycles. The number of hydrogen-bond donors (Lipinski definition) is 2. The first kappa shape index (κ1) is 59.0. The van der Waals surface area contributed by atoms with Crippen LogP contribution in [-0.4, -0.2) is 31.5 Å². The van der Waals surface area contributed by atoms with E-state index in [0.29, 0.717) is 36.6 Å². The fraction of sp³-hybridized carbons (Fsp3) is 0.862. The van der Waals surface area contributed by atoms with E-state index in [2.05, 4.69) is 31.4 Å². The molecule has 0 fully saturated rings. The molecule has 0 saturated heterocycles. The second kappa shape index (κ2) is 47.9. The summed E-state index contributed by atoms with van der Waals surface area (Å²) in [6, 6.07) is 5.39. The van der Waals surface area contributed by atoms with Crippen molar-refractivity contribution in [1.29, 1.82) is 0 Å². The van der Waals surface area contributed by atoms with Crippen molar-refractivity contribution in [2.45, 2.75) is 303 Å². The molecule has 0 saturated carbocycles. The van der Waals surface area contributed by atoms with E-state index in [0.717, 1.165) is 38.5 Å². The monoisotopic (exact) mass is 881 g/mol. The maximum atomic E-state index is 13.4. The maximum Gasteiger partial charge on any atom is 0.255 e. The Morgan fingerprint density at radius 2 is 0.619 bits per heavy atom. The van der Waals surface area contributed by atoms with E-state index in [1.165, 1.54) is 244 Å². The topological polar surface area (TPSA) is 67.4 Å². The van der Waals surface area contributed by atoms with Gasteiger partial charge >= 0.3 is 0 Å². The van der Waals surface area contributed by atoms with Crippen LogP contribution in [0.5, 0.6) is 5.75 Å². The van der Waals surface area contributed by atoms with Crippen molar-refractivity contribution in [3.8, 4) is 5.75 Å². The van der Waals surface area contributed by atoms with Crippen molar-refractivity contribution in [2.75, 3.05) is 19.7 Å². The molecule has 0 spiro atoms.